The monoisotopic (exact) mass is 497 g/mol. The molecule has 3 aliphatic heterocycles. The Morgan fingerprint density at radius 1 is 0.946 bits per heavy atom. The Bertz CT molecular complexity index is 1420. The van der Waals surface area contributed by atoms with E-state index < -0.39 is 0 Å². The van der Waals surface area contributed by atoms with Crippen molar-refractivity contribution in [2.45, 2.75) is 31.9 Å². The molecule has 2 aromatic carbocycles. The fourth-order valence-electron chi connectivity index (χ4n) is 6.31. The van der Waals surface area contributed by atoms with Crippen molar-refractivity contribution in [1.82, 2.24) is 19.0 Å². The highest BCUT2D eigenvalue weighted by Gasteiger charge is 2.28. The molecule has 0 radical (unpaired) electrons. The lowest BCUT2D eigenvalue weighted by Crippen LogP contribution is -2.39. The number of halogens is 1. The average Bonchev–Trinajstić information content (AvgIpc) is 3.65. The summed E-state index contributed by atoms with van der Waals surface area (Å²) >= 11 is 0. The number of hydrogen-bond donors (Lipinski definition) is 1. The fourth-order valence-corrected chi connectivity index (χ4v) is 6.31. The number of benzene rings is 2. The zero-order valence-electron chi connectivity index (χ0n) is 20.9. The van der Waals surface area contributed by atoms with E-state index in [0.717, 1.165) is 74.8 Å². The predicted octanol–water partition coefficient (Wildman–Crippen LogP) is 4.79. The number of aliphatic hydroxyl groups is 1. The van der Waals surface area contributed by atoms with Gasteiger partial charge in [0, 0.05) is 69.1 Å². The molecule has 0 unspecified atom stereocenters. The van der Waals surface area contributed by atoms with Gasteiger partial charge in [-0.3, -0.25) is 4.57 Å². The van der Waals surface area contributed by atoms with Gasteiger partial charge in [0.25, 0.3) is 0 Å². The van der Waals surface area contributed by atoms with Crippen LogP contribution in [0, 0.1) is 11.7 Å². The molecule has 5 heterocycles. The largest absolute Gasteiger partial charge is 0.393 e. The standard InChI is InChI=1S/C30H32FN5O/c31-25-3-1-22(2-4-25)23-16-29-30-32-10-14-36(30)28-6-5-26(15-24(28)20-35(29)19-23)34-13-7-21(18-34)17-33-11-8-27(37)9-12-33/h1-6,10,14-16,19,21,27,37H,7-9,11-13,17-18,20H2/t21-/m1/s1. The maximum atomic E-state index is 13.5. The van der Waals surface area contributed by atoms with E-state index in [1.807, 2.05) is 24.5 Å². The Labute approximate surface area is 216 Å². The van der Waals surface area contributed by atoms with Crippen LogP contribution < -0.4 is 4.90 Å². The Balaban J connectivity index is 1.15. The van der Waals surface area contributed by atoms with Crippen LogP contribution >= 0.6 is 0 Å². The molecule has 7 heteroatoms. The van der Waals surface area contributed by atoms with Crippen molar-refractivity contribution in [2.24, 2.45) is 5.92 Å². The molecule has 2 saturated heterocycles. The summed E-state index contributed by atoms with van der Waals surface area (Å²) in [5.41, 5.74) is 6.86. The number of piperidine rings is 1. The second kappa shape index (κ2) is 9.15. The van der Waals surface area contributed by atoms with Gasteiger partial charge in [-0.2, -0.15) is 0 Å². The van der Waals surface area contributed by atoms with Crippen molar-refractivity contribution in [3.63, 3.8) is 0 Å². The smallest absolute Gasteiger partial charge is 0.161 e. The van der Waals surface area contributed by atoms with E-state index in [1.165, 1.54) is 35.5 Å². The molecule has 1 atom stereocenters. The van der Waals surface area contributed by atoms with Crippen molar-refractivity contribution >= 4 is 5.69 Å². The van der Waals surface area contributed by atoms with Gasteiger partial charge in [0.15, 0.2) is 5.82 Å². The van der Waals surface area contributed by atoms with Crippen LogP contribution in [0.4, 0.5) is 10.1 Å². The first-order chi connectivity index (χ1) is 18.1. The van der Waals surface area contributed by atoms with Crippen molar-refractivity contribution in [2.75, 3.05) is 37.6 Å². The van der Waals surface area contributed by atoms with E-state index in [2.05, 4.69) is 49.4 Å². The molecule has 3 aliphatic rings. The summed E-state index contributed by atoms with van der Waals surface area (Å²) in [5, 5.41) is 9.82. The minimum absolute atomic E-state index is 0.112. The van der Waals surface area contributed by atoms with E-state index in [4.69, 9.17) is 4.98 Å². The van der Waals surface area contributed by atoms with E-state index >= 15 is 0 Å². The first kappa shape index (κ1) is 22.8. The SMILES string of the molecule is OC1CCN(C[C@H]2CCN(c3ccc4c(c3)Cn3cc(-c5ccc(F)cc5)cc3-c3nccn3-4)C2)CC1. The summed E-state index contributed by atoms with van der Waals surface area (Å²) in [5.74, 6) is 1.37. The highest BCUT2D eigenvalue weighted by Crippen LogP contribution is 2.36. The van der Waals surface area contributed by atoms with Gasteiger partial charge < -0.3 is 19.5 Å². The number of imidazole rings is 1. The second-order valence-electron chi connectivity index (χ2n) is 10.8. The highest BCUT2D eigenvalue weighted by atomic mass is 19.1. The minimum atomic E-state index is -0.222. The Morgan fingerprint density at radius 2 is 1.78 bits per heavy atom. The lowest BCUT2D eigenvalue weighted by Gasteiger charge is -2.31. The molecule has 7 rings (SSSR count). The summed E-state index contributed by atoms with van der Waals surface area (Å²) in [6.45, 7) is 6.09. The van der Waals surface area contributed by atoms with Crippen LogP contribution in [-0.4, -0.2) is 63.0 Å². The quantitative estimate of drug-likeness (QED) is 0.388. The molecule has 0 spiro atoms. The van der Waals surface area contributed by atoms with Crippen molar-refractivity contribution in [3.05, 3.63) is 78.5 Å². The number of aliphatic hydroxyl groups excluding tert-OH is 1. The molecule has 0 saturated carbocycles. The van der Waals surface area contributed by atoms with Crippen LogP contribution in [0.3, 0.4) is 0 Å². The van der Waals surface area contributed by atoms with Gasteiger partial charge in [0.05, 0.1) is 17.5 Å². The summed E-state index contributed by atoms with van der Waals surface area (Å²) in [6.07, 6.45) is 8.96. The summed E-state index contributed by atoms with van der Waals surface area (Å²) in [4.78, 5) is 9.76. The predicted molar refractivity (Wildman–Crippen MR) is 143 cm³/mol. The molecule has 0 bridgehead atoms. The van der Waals surface area contributed by atoms with E-state index in [1.54, 1.807) is 0 Å². The van der Waals surface area contributed by atoms with Crippen molar-refractivity contribution in [1.29, 1.82) is 0 Å². The third kappa shape index (κ3) is 4.26. The van der Waals surface area contributed by atoms with Gasteiger partial charge in [0.2, 0.25) is 0 Å². The van der Waals surface area contributed by atoms with Crippen LogP contribution in [0.2, 0.25) is 0 Å². The second-order valence-corrected chi connectivity index (χ2v) is 10.8. The molecule has 6 nitrogen and oxygen atoms in total. The van der Waals surface area contributed by atoms with E-state index in [0.29, 0.717) is 5.92 Å². The zero-order chi connectivity index (χ0) is 24.9. The Morgan fingerprint density at radius 3 is 2.62 bits per heavy atom. The van der Waals surface area contributed by atoms with Crippen molar-refractivity contribution < 1.29 is 9.50 Å². The molecule has 1 N–H and O–H groups in total. The van der Waals surface area contributed by atoms with E-state index in [-0.39, 0.29) is 11.9 Å². The minimum Gasteiger partial charge on any atom is -0.393 e. The Kier molecular flexibility index (Phi) is 5.63. The summed E-state index contributed by atoms with van der Waals surface area (Å²) in [7, 11) is 0. The maximum Gasteiger partial charge on any atom is 0.161 e. The molecule has 4 aromatic rings. The van der Waals surface area contributed by atoms with Gasteiger partial charge >= 0.3 is 0 Å². The van der Waals surface area contributed by atoms with Crippen LogP contribution in [0.1, 0.15) is 24.8 Å². The molecular weight excluding hydrogens is 465 g/mol. The lowest BCUT2D eigenvalue weighted by molar-refractivity contribution is 0.0762. The Hall–Kier alpha value is -3.42. The van der Waals surface area contributed by atoms with Crippen LogP contribution in [-0.2, 0) is 6.54 Å². The third-order valence-electron chi connectivity index (χ3n) is 8.33. The molecule has 190 valence electrons. The summed E-state index contributed by atoms with van der Waals surface area (Å²) < 4.78 is 17.9. The first-order valence-corrected chi connectivity index (χ1v) is 13.4. The van der Waals surface area contributed by atoms with Crippen LogP contribution in [0.15, 0.2) is 67.1 Å². The number of nitrogens with zero attached hydrogens (tertiary/aromatic N) is 5. The third-order valence-corrected chi connectivity index (χ3v) is 8.33. The first-order valence-electron chi connectivity index (χ1n) is 13.4. The van der Waals surface area contributed by atoms with E-state index in [9.17, 15) is 9.50 Å². The zero-order valence-corrected chi connectivity index (χ0v) is 20.9. The molecule has 0 aliphatic carbocycles. The molecule has 37 heavy (non-hydrogen) atoms. The van der Waals surface area contributed by atoms with Gasteiger partial charge in [0.1, 0.15) is 5.82 Å². The van der Waals surface area contributed by atoms with Crippen molar-refractivity contribution in [3.8, 4) is 28.3 Å². The average molecular weight is 498 g/mol. The number of aromatic nitrogens is 3. The number of anilines is 1. The fraction of sp³-hybridized carbons (Fsp3) is 0.367. The highest BCUT2D eigenvalue weighted by molar-refractivity contribution is 5.72. The van der Waals surface area contributed by atoms with Gasteiger partial charge in [-0.15, -0.1) is 0 Å². The normalized spacial score (nSPS) is 19.9. The summed E-state index contributed by atoms with van der Waals surface area (Å²) in [6, 6.07) is 15.7. The molecular formula is C30H32FN5O. The number of fused-ring (bicyclic) bond motifs is 5. The number of rotatable bonds is 4. The van der Waals surface area contributed by atoms with Gasteiger partial charge in [-0.1, -0.05) is 12.1 Å². The maximum absolute atomic E-state index is 13.5. The molecule has 2 fully saturated rings. The lowest BCUT2D eigenvalue weighted by atomic mass is 10.0. The topological polar surface area (TPSA) is 49.5 Å². The van der Waals surface area contributed by atoms with Crippen LogP contribution in [0.25, 0.3) is 28.3 Å². The van der Waals surface area contributed by atoms with Crippen LogP contribution in [0.5, 0.6) is 0 Å². The molecule has 0 amide bonds. The molecule has 2 aromatic heterocycles. The number of hydrogen-bond acceptors (Lipinski definition) is 4. The number of likely N-dealkylation sites (tertiary alicyclic amines) is 1. The van der Waals surface area contributed by atoms with Gasteiger partial charge in [-0.25, -0.2) is 9.37 Å². The van der Waals surface area contributed by atoms with Gasteiger partial charge in [-0.05, 0) is 72.7 Å².